The number of benzene rings is 2. The summed E-state index contributed by atoms with van der Waals surface area (Å²) in [4.78, 5) is 38.1. The molecule has 8 nitrogen and oxygen atoms in total. The second-order valence-corrected chi connectivity index (χ2v) is 7.57. The van der Waals surface area contributed by atoms with Crippen molar-refractivity contribution in [1.29, 1.82) is 0 Å². The van der Waals surface area contributed by atoms with Crippen LogP contribution in [0.1, 0.15) is 25.8 Å². The van der Waals surface area contributed by atoms with Crippen molar-refractivity contribution in [3.63, 3.8) is 0 Å². The highest BCUT2D eigenvalue weighted by Crippen LogP contribution is 2.38. The van der Waals surface area contributed by atoms with Gasteiger partial charge in [0, 0.05) is 5.69 Å². The van der Waals surface area contributed by atoms with E-state index in [-0.39, 0.29) is 11.8 Å². The van der Waals surface area contributed by atoms with Crippen LogP contribution in [-0.2, 0) is 9.59 Å². The Morgan fingerprint density at radius 3 is 2.62 bits per heavy atom. The van der Waals surface area contributed by atoms with Crippen LogP contribution in [0.4, 0.5) is 10.5 Å². The Labute approximate surface area is 191 Å². The summed E-state index contributed by atoms with van der Waals surface area (Å²) in [5, 5.41) is 5.44. The van der Waals surface area contributed by atoms with Gasteiger partial charge in [-0.1, -0.05) is 36.7 Å². The Morgan fingerprint density at radius 2 is 1.97 bits per heavy atom. The largest absolute Gasteiger partial charge is 0.493 e. The van der Waals surface area contributed by atoms with Crippen LogP contribution in [0, 0.1) is 0 Å². The number of para-hydroxylation sites is 1. The molecule has 1 fully saturated rings. The predicted molar refractivity (Wildman–Crippen MR) is 122 cm³/mol. The molecule has 2 aromatic rings. The van der Waals surface area contributed by atoms with Crippen molar-refractivity contribution in [3.8, 4) is 11.5 Å². The van der Waals surface area contributed by atoms with Crippen LogP contribution in [0.25, 0.3) is 6.08 Å². The fourth-order valence-corrected chi connectivity index (χ4v) is 3.23. The number of nitrogens with one attached hydrogen (secondary N) is 2. The number of carbonyl (C=O) groups excluding carboxylic acids is 3. The zero-order valence-corrected chi connectivity index (χ0v) is 18.7. The van der Waals surface area contributed by atoms with Crippen molar-refractivity contribution in [2.45, 2.75) is 26.4 Å². The van der Waals surface area contributed by atoms with Crippen LogP contribution in [0.3, 0.4) is 0 Å². The summed E-state index contributed by atoms with van der Waals surface area (Å²) in [7, 11) is 1.49. The molecule has 1 unspecified atom stereocenters. The van der Waals surface area contributed by atoms with Crippen LogP contribution in [-0.4, -0.2) is 42.5 Å². The molecular weight excluding hydrogens is 434 g/mol. The van der Waals surface area contributed by atoms with Crippen molar-refractivity contribution in [3.05, 3.63) is 58.7 Å². The summed E-state index contributed by atoms with van der Waals surface area (Å²) in [6.07, 6.45) is 2.20. The first kappa shape index (κ1) is 23.1. The van der Waals surface area contributed by atoms with Crippen LogP contribution in [0.15, 0.2) is 48.2 Å². The highest BCUT2D eigenvalue weighted by Gasteiger charge is 2.35. The third-order valence-electron chi connectivity index (χ3n) is 4.78. The number of ether oxygens (including phenoxy) is 2. The van der Waals surface area contributed by atoms with E-state index < -0.39 is 24.4 Å². The molecule has 1 saturated heterocycles. The number of nitrogens with zero attached hydrogens (tertiary/aromatic N) is 1. The van der Waals surface area contributed by atoms with E-state index in [1.165, 1.54) is 13.2 Å². The number of carbonyl (C=O) groups is 3. The zero-order chi connectivity index (χ0) is 23.3. The summed E-state index contributed by atoms with van der Waals surface area (Å²) in [5.41, 5.74) is 1.13. The molecule has 0 aromatic heterocycles. The number of hydrogen-bond donors (Lipinski definition) is 2. The molecule has 2 N–H and O–H groups in total. The topological polar surface area (TPSA) is 97.0 Å². The number of hydrogen-bond acceptors (Lipinski definition) is 5. The van der Waals surface area contributed by atoms with Gasteiger partial charge in [0.05, 0.1) is 18.2 Å². The highest BCUT2D eigenvalue weighted by molar-refractivity contribution is 6.32. The molecule has 2 aromatic carbocycles. The Hall–Kier alpha value is -3.52. The van der Waals surface area contributed by atoms with Crippen molar-refractivity contribution >= 4 is 41.2 Å². The molecule has 0 spiro atoms. The molecule has 9 heteroatoms. The Kier molecular flexibility index (Phi) is 7.37. The van der Waals surface area contributed by atoms with E-state index in [1.54, 1.807) is 36.4 Å². The summed E-state index contributed by atoms with van der Waals surface area (Å²) in [6, 6.07) is 11.3. The smallest absolute Gasteiger partial charge is 0.329 e. The maximum absolute atomic E-state index is 12.7. The quantitative estimate of drug-likeness (QED) is 0.460. The van der Waals surface area contributed by atoms with Crippen LogP contribution < -0.4 is 20.1 Å². The van der Waals surface area contributed by atoms with Gasteiger partial charge < -0.3 is 20.1 Å². The van der Waals surface area contributed by atoms with Gasteiger partial charge >= 0.3 is 6.03 Å². The second-order valence-electron chi connectivity index (χ2n) is 7.16. The van der Waals surface area contributed by atoms with Crippen molar-refractivity contribution in [2.75, 3.05) is 19.0 Å². The minimum Gasteiger partial charge on any atom is -0.493 e. The van der Waals surface area contributed by atoms with E-state index in [1.807, 2.05) is 19.9 Å². The van der Waals surface area contributed by atoms with Gasteiger partial charge in [0.1, 0.15) is 12.2 Å². The molecule has 0 bridgehead atoms. The first-order valence-electron chi connectivity index (χ1n) is 10.1. The van der Waals surface area contributed by atoms with Gasteiger partial charge in [-0.15, -0.1) is 0 Å². The molecular formula is C23H24ClN3O5. The number of anilines is 1. The van der Waals surface area contributed by atoms with Crippen molar-refractivity contribution in [2.24, 2.45) is 0 Å². The van der Waals surface area contributed by atoms with E-state index in [9.17, 15) is 14.4 Å². The first-order chi connectivity index (χ1) is 15.3. The van der Waals surface area contributed by atoms with Crippen molar-refractivity contribution in [1.82, 2.24) is 10.2 Å². The average Bonchev–Trinajstić information content (AvgIpc) is 3.03. The first-order valence-corrected chi connectivity index (χ1v) is 10.4. The third kappa shape index (κ3) is 5.39. The fourth-order valence-electron chi connectivity index (χ4n) is 2.97. The van der Waals surface area contributed by atoms with Crippen LogP contribution in [0.5, 0.6) is 11.5 Å². The highest BCUT2D eigenvalue weighted by atomic mass is 35.5. The van der Waals surface area contributed by atoms with Gasteiger partial charge in [0.2, 0.25) is 5.91 Å². The average molecular weight is 458 g/mol. The van der Waals surface area contributed by atoms with Crippen LogP contribution in [0.2, 0.25) is 5.02 Å². The SMILES string of the molecule is CCC(C)Oc1c(Cl)cc(C=C2NC(=O)N(CC(=O)Nc3ccccc3)C2=O)cc1OC. The van der Waals surface area contributed by atoms with E-state index >= 15 is 0 Å². The van der Waals surface area contributed by atoms with E-state index in [0.29, 0.717) is 27.8 Å². The second kappa shape index (κ2) is 10.2. The van der Waals surface area contributed by atoms with Gasteiger partial charge in [-0.25, -0.2) is 9.69 Å². The maximum atomic E-state index is 12.7. The van der Waals surface area contributed by atoms with Gasteiger partial charge in [-0.05, 0) is 49.2 Å². The molecule has 1 heterocycles. The normalized spacial score (nSPS) is 15.5. The Balaban J connectivity index is 1.76. The molecule has 0 saturated carbocycles. The number of urea groups is 1. The van der Waals surface area contributed by atoms with Crippen LogP contribution >= 0.6 is 11.6 Å². The summed E-state index contributed by atoms with van der Waals surface area (Å²) < 4.78 is 11.2. The number of methoxy groups -OCH3 is 1. The van der Waals surface area contributed by atoms with E-state index in [4.69, 9.17) is 21.1 Å². The summed E-state index contributed by atoms with van der Waals surface area (Å²) >= 11 is 6.37. The lowest BCUT2D eigenvalue weighted by atomic mass is 10.1. The molecule has 4 amide bonds. The Morgan fingerprint density at radius 1 is 1.25 bits per heavy atom. The molecule has 168 valence electrons. The van der Waals surface area contributed by atoms with Crippen molar-refractivity contribution < 1.29 is 23.9 Å². The maximum Gasteiger partial charge on any atom is 0.329 e. The lowest BCUT2D eigenvalue weighted by Crippen LogP contribution is -2.38. The van der Waals surface area contributed by atoms with Gasteiger partial charge in [0.15, 0.2) is 11.5 Å². The lowest BCUT2D eigenvalue weighted by molar-refractivity contribution is -0.127. The summed E-state index contributed by atoms with van der Waals surface area (Å²) in [5.74, 6) is -0.294. The molecule has 32 heavy (non-hydrogen) atoms. The lowest BCUT2D eigenvalue weighted by Gasteiger charge is -2.17. The molecule has 1 aliphatic heterocycles. The standard InChI is InChI=1S/C23H24ClN3O5/c1-4-14(2)32-21-17(24)10-15(12-19(21)31-3)11-18-22(29)27(23(30)26-18)13-20(28)25-16-8-6-5-7-9-16/h5-12,14H,4,13H2,1-3H3,(H,25,28)(H,26,30). The van der Waals surface area contributed by atoms with E-state index in [2.05, 4.69) is 10.6 Å². The minimum absolute atomic E-state index is 0.0243. The molecule has 0 aliphatic carbocycles. The third-order valence-corrected chi connectivity index (χ3v) is 5.06. The molecule has 0 radical (unpaired) electrons. The number of imide groups is 1. The monoisotopic (exact) mass is 457 g/mol. The van der Waals surface area contributed by atoms with E-state index in [0.717, 1.165) is 11.3 Å². The minimum atomic E-state index is -0.681. The summed E-state index contributed by atoms with van der Waals surface area (Å²) in [6.45, 7) is 3.49. The van der Waals surface area contributed by atoms with Gasteiger partial charge in [0.25, 0.3) is 5.91 Å². The molecule has 3 rings (SSSR count). The fraction of sp³-hybridized carbons (Fsp3) is 0.261. The number of rotatable bonds is 8. The van der Waals surface area contributed by atoms with Gasteiger partial charge in [-0.2, -0.15) is 0 Å². The molecule has 1 atom stereocenters. The van der Waals surface area contributed by atoms with Gasteiger partial charge in [-0.3, -0.25) is 9.59 Å². The number of halogens is 1. The molecule has 1 aliphatic rings. The zero-order valence-electron chi connectivity index (χ0n) is 18.0. The number of amides is 4. The predicted octanol–water partition coefficient (Wildman–Crippen LogP) is 4.06. The Bertz CT molecular complexity index is 1060.